The smallest absolute Gasteiger partial charge is 0.462 e. The highest BCUT2D eigenvalue weighted by atomic mass is 31.2. The van der Waals surface area contributed by atoms with Crippen molar-refractivity contribution in [3.8, 4) is 0 Å². The molecule has 0 radical (unpaired) electrons. The summed E-state index contributed by atoms with van der Waals surface area (Å²) in [5, 5.41) is 10.6. The fraction of sp³-hybridized carbons (Fsp3) is 0.946. The Labute approximate surface area is 568 Å². The molecule has 0 spiro atoms. The summed E-state index contributed by atoms with van der Waals surface area (Å²) in [6.45, 7) is 14.1. The van der Waals surface area contributed by atoms with Crippen LogP contribution in [0.15, 0.2) is 0 Å². The van der Waals surface area contributed by atoms with E-state index in [4.69, 9.17) is 37.0 Å². The summed E-state index contributed by atoms with van der Waals surface area (Å²) in [6, 6.07) is 0. The van der Waals surface area contributed by atoms with E-state index in [0.717, 1.165) is 114 Å². The molecule has 0 bridgehead atoms. The van der Waals surface area contributed by atoms with E-state index in [1.807, 2.05) is 0 Å². The Morgan fingerprint density at radius 1 is 0.269 bits per heavy atom. The molecule has 0 rings (SSSR count). The summed E-state index contributed by atoms with van der Waals surface area (Å²) in [5.41, 5.74) is 0. The molecule has 0 saturated carbocycles. The highest BCUT2D eigenvalue weighted by molar-refractivity contribution is 7.47. The standard InChI is InChI=1S/C74H144O17P2/c1-64(2)50-42-34-26-19-14-12-10-9-11-13-15-22-30-38-46-54-71(76)84-60-69(90-73(78)56-48-40-31-23-17-16-20-27-35-43-51-65(3)4)62-88-92(80,81)86-58-68(75)59-87-93(82,83)89-63-70(61-85-72(77)55-47-39-33-25-29-37-45-53-67(7)8)91-74(79)57-49-41-32-24-18-21-28-36-44-52-66(5)6/h64-70,75H,9-63H2,1-8H3,(H,80,81)(H,82,83)/t68?,69-,70-/m1/s1. The summed E-state index contributed by atoms with van der Waals surface area (Å²) in [4.78, 5) is 72.7. The largest absolute Gasteiger partial charge is 0.472 e. The lowest BCUT2D eigenvalue weighted by molar-refractivity contribution is -0.161. The lowest BCUT2D eigenvalue weighted by Gasteiger charge is -2.21. The summed E-state index contributed by atoms with van der Waals surface area (Å²) in [5.74, 6) is 0.875. The van der Waals surface area contributed by atoms with Crippen LogP contribution in [0.25, 0.3) is 0 Å². The molecule has 0 amide bonds. The first-order chi connectivity index (χ1) is 44.6. The van der Waals surface area contributed by atoms with Crippen LogP contribution in [0, 0.1) is 23.7 Å². The third kappa shape index (κ3) is 68.4. The van der Waals surface area contributed by atoms with Gasteiger partial charge in [-0.2, -0.15) is 0 Å². The van der Waals surface area contributed by atoms with Crippen LogP contribution in [0.3, 0.4) is 0 Å². The number of carbonyl (C=O) groups excluding carboxylic acids is 4. The van der Waals surface area contributed by atoms with Crippen molar-refractivity contribution in [2.75, 3.05) is 39.6 Å². The van der Waals surface area contributed by atoms with E-state index in [1.165, 1.54) is 167 Å². The number of hydrogen-bond donors (Lipinski definition) is 3. The molecule has 0 aromatic rings. The monoisotopic (exact) mass is 1370 g/mol. The van der Waals surface area contributed by atoms with Crippen LogP contribution in [0.1, 0.15) is 370 Å². The quantitative estimate of drug-likeness (QED) is 0.0222. The number of phosphoric ester groups is 2. The van der Waals surface area contributed by atoms with Gasteiger partial charge in [0.2, 0.25) is 0 Å². The van der Waals surface area contributed by atoms with Gasteiger partial charge >= 0.3 is 39.5 Å². The number of aliphatic hydroxyl groups excluding tert-OH is 1. The fourth-order valence-electron chi connectivity index (χ4n) is 11.2. The van der Waals surface area contributed by atoms with Gasteiger partial charge in [0.05, 0.1) is 26.4 Å². The van der Waals surface area contributed by atoms with Gasteiger partial charge in [-0.3, -0.25) is 37.3 Å². The van der Waals surface area contributed by atoms with Crippen molar-refractivity contribution in [3.05, 3.63) is 0 Å². The van der Waals surface area contributed by atoms with E-state index < -0.39 is 97.5 Å². The van der Waals surface area contributed by atoms with Crippen molar-refractivity contribution in [1.29, 1.82) is 0 Å². The van der Waals surface area contributed by atoms with Gasteiger partial charge in [0, 0.05) is 25.7 Å². The molecular formula is C74H144O17P2. The second-order valence-electron chi connectivity index (χ2n) is 28.6. The van der Waals surface area contributed by atoms with Crippen LogP contribution in [-0.4, -0.2) is 96.7 Å². The molecular weight excluding hydrogens is 1220 g/mol. The average Bonchev–Trinajstić information content (AvgIpc) is 1.53. The molecule has 0 heterocycles. The van der Waals surface area contributed by atoms with E-state index in [-0.39, 0.29) is 25.7 Å². The summed E-state index contributed by atoms with van der Waals surface area (Å²) in [7, 11) is -9.91. The summed E-state index contributed by atoms with van der Waals surface area (Å²) < 4.78 is 68.4. The molecule has 552 valence electrons. The Kier molecular flexibility index (Phi) is 62.2. The minimum Gasteiger partial charge on any atom is -0.462 e. The van der Waals surface area contributed by atoms with Gasteiger partial charge in [-0.15, -0.1) is 0 Å². The Morgan fingerprint density at radius 3 is 0.667 bits per heavy atom. The molecule has 0 aromatic heterocycles. The van der Waals surface area contributed by atoms with Crippen molar-refractivity contribution < 1.29 is 80.2 Å². The second kappa shape index (κ2) is 63.5. The van der Waals surface area contributed by atoms with Crippen LogP contribution in [0.4, 0.5) is 0 Å². The van der Waals surface area contributed by atoms with Gasteiger partial charge < -0.3 is 33.8 Å². The van der Waals surface area contributed by atoms with Crippen LogP contribution in [0.2, 0.25) is 0 Å². The molecule has 3 unspecified atom stereocenters. The van der Waals surface area contributed by atoms with E-state index in [9.17, 15) is 43.2 Å². The van der Waals surface area contributed by atoms with Gasteiger partial charge in [0.15, 0.2) is 12.2 Å². The van der Waals surface area contributed by atoms with Gasteiger partial charge in [-0.05, 0) is 49.4 Å². The SMILES string of the molecule is CC(C)CCCCCCCCCCCCCCCCCC(=O)OC[C@H](COP(=O)(O)OCC(O)COP(=O)(O)OC[C@@H](COC(=O)CCCCCCCCCC(C)C)OC(=O)CCCCCCCCCCCC(C)C)OC(=O)CCCCCCCCCCCCC(C)C. The summed E-state index contributed by atoms with van der Waals surface area (Å²) >= 11 is 0. The highest BCUT2D eigenvalue weighted by Crippen LogP contribution is 2.45. The van der Waals surface area contributed by atoms with E-state index in [1.54, 1.807) is 0 Å². The maximum Gasteiger partial charge on any atom is 0.472 e. The molecule has 17 nitrogen and oxygen atoms in total. The van der Waals surface area contributed by atoms with Crippen molar-refractivity contribution in [2.24, 2.45) is 23.7 Å². The number of esters is 4. The number of unbranched alkanes of at least 4 members (excludes halogenated alkanes) is 37. The first-order valence-electron chi connectivity index (χ1n) is 38.2. The number of aliphatic hydroxyl groups is 1. The molecule has 0 aliphatic rings. The Morgan fingerprint density at radius 2 is 0.452 bits per heavy atom. The van der Waals surface area contributed by atoms with Crippen LogP contribution in [-0.2, 0) is 65.4 Å². The van der Waals surface area contributed by atoms with Gasteiger partial charge in [-0.25, -0.2) is 9.13 Å². The minimum absolute atomic E-state index is 0.104. The maximum absolute atomic E-state index is 13.1. The molecule has 5 atom stereocenters. The number of carbonyl (C=O) groups is 4. The van der Waals surface area contributed by atoms with E-state index in [0.29, 0.717) is 31.6 Å². The maximum atomic E-state index is 13.1. The van der Waals surface area contributed by atoms with Crippen molar-refractivity contribution in [2.45, 2.75) is 388 Å². The first-order valence-corrected chi connectivity index (χ1v) is 41.2. The number of rotatable bonds is 71. The van der Waals surface area contributed by atoms with Gasteiger partial charge in [-0.1, -0.05) is 319 Å². The summed E-state index contributed by atoms with van der Waals surface area (Å²) in [6.07, 6.45) is 47.3. The predicted molar refractivity (Wildman–Crippen MR) is 377 cm³/mol. The zero-order chi connectivity index (χ0) is 68.9. The lowest BCUT2D eigenvalue weighted by atomic mass is 10.0. The van der Waals surface area contributed by atoms with Crippen molar-refractivity contribution >= 4 is 39.5 Å². The van der Waals surface area contributed by atoms with E-state index in [2.05, 4.69) is 55.4 Å². The Bertz CT molecular complexity index is 1830. The first kappa shape index (κ1) is 91.1. The fourth-order valence-corrected chi connectivity index (χ4v) is 12.8. The molecule has 0 aromatic carbocycles. The van der Waals surface area contributed by atoms with E-state index >= 15 is 0 Å². The van der Waals surface area contributed by atoms with Gasteiger partial charge in [0.1, 0.15) is 19.3 Å². The Balaban J connectivity index is 5.23. The normalized spacial score (nSPS) is 14.2. The van der Waals surface area contributed by atoms with Crippen molar-refractivity contribution in [3.63, 3.8) is 0 Å². The average molecular weight is 1370 g/mol. The zero-order valence-electron chi connectivity index (χ0n) is 60.9. The third-order valence-corrected chi connectivity index (χ3v) is 19.0. The third-order valence-electron chi connectivity index (χ3n) is 17.1. The highest BCUT2D eigenvalue weighted by Gasteiger charge is 2.30. The second-order valence-corrected chi connectivity index (χ2v) is 31.5. The molecule has 0 aliphatic carbocycles. The lowest BCUT2D eigenvalue weighted by Crippen LogP contribution is -2.30. The molecule has 93 heavy (non-hydrogen) atoms. The predicted octanol–water partition coefficient (Wildman–Crippen LogP) is 21.3. The van der Waals surface area contributed by atoms with Gasteiger partial charge in [0.25, 0.3) is 0 Å². The molecule has 0 saturated heterocycles. The molecule has 0 aliphatic heterocycles. The topological polar surface area (TPSA) is 237 Å². The molecule has 3 N–H and O–H groups in total. The van der Waals surface area contributed by atoms with Crippen LogP contribution < -0.4 is 0 Å². The Hall–Kier alpha value is -1.94. The number of ether oxygens (including phenoxy) is 4. The molecule has 0 fully saturated rings. The molecule has 19 heteroatoms. The minimum atomic E-state index is -4.96. The number of phosphoric acid groups is 2. The zero-order valence-corrected chi connectivity index (χ0v) is 62.7. The van der Waals surface area contributed by atoms with Crippen LogP contribution >= 0.6 is 15.6 Å². The number of hydrogen-bond acceptors (Lipinski definition) is 15. The van der Waals surface area contributed by atoms with Crippen LogP contribution in [0.5, 0.6) is 0 Å². The van der Waals surface area contributed by atoms with Crippen molar-refractivity contribution in [1.82, 2.24) is 0 Å².